The number of rotatable bonds is 7. The normalized spacial score (nSPS) is 15.8. The second kappa shape index (κ2) is 8.12. The van der Waals surface area contributed by atoms with Crippen LogP contribution in [0.3, 0.4) is 0 Å². The fraction of sp³-hybridized carbons (Fsp3) is 0.667. The van der Waals surface area contributed by atoms with Gasteiger partial charge in [-0.25, -0.2) is 4.98 Å². The van der Waals surface area contributed by atoms with Crippen molar-refractivity contribution in [2.45, 2.75) is 57.8 Å². The Labute approximate surface area is 128 Å². The molecule has 0 radical (unpaired) electrons. The van der Waals surface area contributed by atoms with Crippen molar-refractivity contribution >= 4 is 28.3 Å². The van der Waals surface area contributed by atoms with Gasteiger partial charge in [-0.3, -0.25) is 9.59 Å². The van der Waals surface area contributed by atoms with E-state index in [9.17, 15) is 9.59 Å². The number of hydrogen-bond acceptors (Lipinski definition) is 4. The first kappa shape index (κ1) is 15.9. The number of carbonyl (C=O) groups is 2. The van der Waals surface area contributed by atoms with Gasteiger partial charge in [0.25, 0.3) is 0 Å². The Kier molecular flexibility index (Phi) is 6.17. The summed E-state index contributed by atoms with van der Waals surface area (Å²) in [6, 6.07) is 0. The molecular weight excluding hydrogens is 288 g/mol. The number of amides is 1. The Morgan fingerprint density at radius 1 is 1.33 bits per heavy atom. The lowest BCUT2D eigenvalue weighted by Gasteiger charge is -2.20. The molecule has 2 N–H and O–H groups in total. The van der Waals surface area contributed by atoms with Crippen molar-refractivity contribution in [3.63, 3.8) is 0 Å². The van der Waals surface area contributed by atoms with Gasteiger partial charge in [0.05, 0.1) is 5.69 Å². The highest BCUT2D eigenvalue weighted by Crippen LogP contribution is 2.27. The Morgan fingerprint density at radius 3 is 2.81 bits per heavy atom. The fourth-order valence-corrected chi connectivity index (χ4v) is 3.48. The van der Waals surface area contributed by atoms with Gasteiger partial charge in [0.15, 0.2) is 5.13 Å². The van der Waals surface area contributed by atoms with Crippen molar-refractivity contribution in [2.75, 3.05) is 5.32 Å². The van der Waals surface area contributed by atoms with Gasteiger partial charge in [-0.05, 0) is 31.6 Å². The molecule has 6 heteroatoms. The summed E-state index contributed by atoms with van der Waals surface area (Å²) in [7, 11) is 0. The molecule has 1 aromatic rings. The fourth-order valence-electron chi connectivity index (χ4n) is 2.72. The number of aliphatic carboxylic acids is 1. The molecular formula is C15H22N2O3S. The molecule has 1 heterocycles. The Morgan fingerprint density at radius 2 is 2.10 bits per heavy atom. The number of carbonyl (C=O) groups excluding carboxylic acids is 1. The van der Waals surface area contributed by atoms with E-state index in [0.29, 0.717) is 30.3 Å². The number of aromatic nitrogens is 1. The number of nitrogens with one attached hydrogen (secondary N) is 1. The summed E-state index contributed by atoms with van der Waals surface area (Å²) in [6.07, 6.45) is 8.05. The van der Waals surface area contributed by atoms with Crippen molar-refractivity contribution in [2.24, 2.45) is 5.92 Å². The number of carboxylic acids is 1. The molecule has 0 aliphatic heterocycles. The van der Waals surface area contributed by atoms with E-state index < -0.39 is 5.97 Å². The maximum Gasteiger partial charge on any atom is 0.303 e. The summed E-state index contributed by atoms with van der Waals surface area (Å²) in [5.74, 6) is -0.215. The Balaban J connectivity index is 1.73. The van der Waals surface area contributed by atoms with Crippen molar-refractivity contribution in [3.05, 3.63) is 11.1 Å². The summed E-state index contributed by atoms with van der Waals surface area (Å²) >= 11 is 1.41. The van der Waals surface area contributed by atoms with Gasteiger partial charge >= 0.3 is 5.97 Å². The van der Waals surface area contributed by atoms with E-state index in [0.717, 1.165) is 18.5 Å². The van der Waals surface area contributed by atoms with Gasteiger partial charge < -0.3 is 10.4 Å². The van der Waals surface area contributed by atoms with Gasteiger partial charge in [0, 0.05) is 18.2 Å². The van der Waals surface area contributed by atoms with Crippen molar-refractivity contribution in [1.82, 2.24) is 4.98 Å². The van der Waals surface area contributed by atoms with Crippen LogP contribution in [0, 0.1) is 5.92 Å². The van der Waals surface area contributed by atoms with Crippen LogP contribution in [0.1, 0.15) is 57.1 Å². The zero-order valence-electron chi connectivity index (χ0n) is 12.1. The van der Waals surface area contributed by atoms with Crippen LogP contribution in [0.15, 0.2) is 5.38 Å². The zero-order chi connectivity index (χ0) is 15.1. The molecule has 1 amide bonds. The van der Waals surface area contributed by atoms with E-state index in [-0.39, 0.29) is 12.3 Å². The SMILES string of the molecule is O=C(O)CCCc1csc(NC(=O)CC2CCCCC2)n1. The highest BCUT2D eigenvalue weighted by atomic mass is 32.1. The van der Waals surface area contributed by atoms with E-state index >= 15 is 0 Å². The van der Waals surface area contributed by atoms with Crippen LogP contribution in [-0.4, -0.2) is 22.0 Å². The average molecular weight is 310 g/mol. The number of anilines is 1. The molecule has 21 heavy (non-hydrogen) atoms. The van der Waals surface area contributed by atoms with Crippen LogP contribution in [0.2, 0.25) is 0 Å². The molecule has 1 saturated carbocycles. The first-order chi connectivity index (χ1) is 10.1. The van der Waals surface area contributed by atoms with E-state index in [1.807, 2.05) is 5.38 Å². The maximum atomic E-state index is 12.0. The highest BCUT2D eigenvalue weighted by molar-refractivity contribution is 7.13. The highest BCUT2D eigenvalue weighted by Gasteiger charge is 2.17. The third kappa shape index (κ3) is 5.83. The number of hydrogen-bond donors (Lipinski definition) is 2. The molecule has 116 valence electrons. The molecule has 0 spiro atoms. The lowest BCUT2D eigenvalue weighted by Crippen LogP contribution is -2.18. The minimum absolute atomic E-state index is 0.0494. The molecule has 0 atom stereocenters. The van der Waals surface area contributed by atoms with Crippen LogP contribution in [-0.2, 0) is 16.0 Å². The molecule has 1 aliphatic rings. The number of nitrogens with zero attached hydrogens (tertiary/aromatic N) is 1. The third-order valence-electron chi connectivity index (χ3n) is 3.82. The standard InChI is InChI=1S/C15H22N2O3S/c18-13(9-11-5-2-1-3-6-11)17-15-16-12(10-21-15)7-4-8-14(19)20/h10-11H,1-9H2,(H,19,20)(H,16,17,18). The topological polar surface area (TPSA) is 79.3 Å². The lowest BCUT2D eigenvalue weighted by atomic mass is 9.87. The molecule has 1 aromatic heterocycles. The molecule has 0 saturated heterocycles. The predicted molar refractivity (Wildman–Crippen MR) is 82.5 cm³/mol. The van der Waals surface area contributed by atoms with Crippen molar-refractivity contribution in [1.29, 1.82) is 0 Å². The van der Waals surface area contributed by atoms with Gasteiger partial charge in [-0.2, -0.15) is 0 Å². The minimum atomic E-state index is -0.786. The molecule has 0 aromatic carbocycles. The number of aryl methyl sites for hydroxylation is 1. The summed E-state index contributed by atoms with van der Waals surface area (Å²) in [5.41, 5.74) is 0.856. The third-order valence-corrected chi connectivity index (χ3v) is 4.63. The summed E-state index contributed by atoms with van der Waals surface area (Å²) in [6.45, 7) is 0. The molecule has 5 nitrogen and oxygen atoms in total. The monoisotopic (exact) mass is 310 g/mol. The molecule has 1 fully saturated rings. The lowest BCUT2D eigenvalue weighted by molar-refractivity contribution is -0.137. The van der Waals surface area contributed by atoms with E-state index in [1.54, 1.807) is 0 Å². The molecule has 1 aliphatic carbocycles. The van der Waals surface area contributed by atoms with Crippen LogP contribution >= 0.6 is 11.3 Å². The Bertz CT molecular complexity index is 481. The van der Waals surface area contributed by atoms with Crippen LogP contribution in [0.4, 0.5) is 5.13 Å². The summed E-state index contributed by atoms with van der Waals surface area (Å²) in [5, 5.41) is 14.0. The number of thiazole rings is 1. The first-order valence-electron chi connectivity index (χ1n) is 7.59. The van der Waals surface area contributed by atoms with E-state index in [4.69, 9.17) is 5.11 Å². The van der Waals surface area contributed by atoms with Crippen LogP contribution in [0.25, 0.3) is 0 Å². The van der Waals surface area contributed by atoms with E-state index in [1.165, 1.54) is 30.6 Å². The van der Waals surface area contributed by atoms with Gasteiger partial charge in [-0.15, -0.1) is 11.3 Å². The summed E-state index contributed by atoms with van der Waals surface area (Å²) < 4.78 is 0. The van der Waals surface area contributed by atoms with Crippen molar-refractivity contribution < 1.29 is 14.7 Å². The number of carboxylic acid groups (broad SMARTS) is 1. The van der Waals surface area contributed by atoms with Gasteiger partial charge in [-0.1, -0.05) is 19.3 Å². The summed E-state index contributed by atoms with van der Waals surface area (Å²) in [4.78, 5) is 26.8. The smallest absolute Gasteiger partial charge is 0.303 e. The van der Waals surface area contributed by atoms with E-state index in [2.05, 4.69) is 10.3 Å². The first-order valence-corrected chi connectivity index (χ1v) is 8.47. The minimum Gasteiger partial charge on any atom is -0.481 e. The second-order valence-corrected chi connectivity index (χ2v) is 6.51. The largest absolute Gasteiger partial charge is 0.481 e. The second-order valence-electron chi connectivity index (χ2n) is 5.65. The van der Waals surface area contributed by atoms with Crippen molar-refractivity contribution in [3.8, 4) is 0 Å². The van der Waals surface area contributed by atoms with Gasteiger partial charge in [0.2, 0.25) is 5.91 Å². The maximum absolute atomic E-state index is 12.0. The average Bonchev–Trinajstić information content (AvgIpc) is 2.86. The predicted octanol–water partition coefficient (Wildman–Crippen LogP) is 3.46. The Hall–Kier alpha value is -1.43. The van der Waals surface area contributed by atoms with Crippen LogP contribution < -0.4 is 5.32 Å². The van der Waals surface area contributed by atoms with Crippen LogP contribution in [0.5, 0.6) is 0 Å². The van der Waals surface area contributed by atoms with Gasteiger partial charge in [0.1, 0.15) is 0 Å². The quantitative estimate of drug-likeness (QED) is 0.808. The molecule has 0 bridgehead atoms. The zero-order valence-corrected chi connectivity index (χ0v) is 13.0. The molecule has 0 unspecified atom stereocenters. The molecule has 2 rings (SSSR count).